The number of hydrogen-bond acceptors (Lipinski definition) is 4. The minimum absolute atomic E-state index is 0.00806. The van der Waals surface area contributed by atoms with Crippen molar-refractivity contribution in [2.75, 3.05) is 18.5 Å². The molecule has 0 fully saturated rings. The van der Waals surface area contributed by atoms with Crippen LogP contribution < -0.4 is 10.1 Å². The van der Waals surface area contributed by atoms with Crippen molar-refractivity contribution in [1.82, 2.24) is 4.90 Å². The molecule has 32 heavy (non-hydrogen) atoms. The van der Waals surface area contributed by atoms with Crippen LogP contribution in [0, 0.1) is 20.8 Å². The number of benzene rings is 2. The van der Waals surface area contributed by atoms with Gasteiger partial charge in [0.05, 0.1) is 13.0 Å². The average Bonchev–Trinajstić information content (AvgIpc) is 3.25. The fourth-order valence-electron chi connectivity index (χ4n) is 3.94. The number of amides is 2. The molecule has 5 nitrogen and oxygen atoms in total. The lowest BCUT2D eigenvalue weighted by Crippen LogP contribution is -2.35. The zero-order valence-corrected chi connectivity index (χ0v) is 19.6. The Morgan fingerprint density at radius 1 is 1.06 bits per heavy atom. The van der Waals surface area contributed by atoms with Crippen LogP contribution in [0.2, 0.25) is 0 Å². The number of nitrogens with one attached hydrogen (secondary N) is 1. The zero-order valence-electron chi connectivity index (χ0n) is 18.7. The van der Waals surface area contributed by atoms with Gasteiger partial charge in [-0.05, 0) is 79.1 Å². The molecule has 2 aromatic carbocycles. The Kier molecular flexibility index (Phi) is 6.61. The van der Waals surface area contributed by atoms with Gasteiger partial charge in [-0.2, -0.15) is 0 Å². The highest BCUT2D eigenvalue weighted by Crippen LogP contribution is 2.27. The Hall–Kier alpha value is -3.12. The molecule has 1 N–H and O–H groups in total. The minimum atomic E-state index is -0.135. The van der Waals surface area contributed by atoms with Gasteiger partial charge < -0.3 is 15.0 Å². The second-order valence-electron chi connectivity index (χ2n) is 8.17. The monoisotopic (exact) mass is 448 g/mol. The maximum absolute atomic E-state index is 13.2. The van der Waals surface area contributed by atoms with Gasteiger partial charge in [0.15, 0.2) is 0 Å². The van der Waals surface area contributed by atoms with Crippen molar-refractivity contribution in [1.29, 1.82) is 0 Å². The maximum Gasteiger partial charge on any atom is 0.254 e. The number of thiophene rings is 1. The van der Waals surface area contributed by atoms with E-state index in [1.807, 2.05) is 62.1 Å². The number of nitrogens with zero attached hydrogens (tertiary/aromatic N) is 1. The van der Waals surface area contributed by atoms with Gasteiger partial charge in [0.1, 0.15) is 5.75 Å². The second-order valence-corrected chi connectivity index (χ2v) is 9.17. The van der Waals surface area contributed by atoms with Gasteiger partial charge in [0.2, 0.25) is 5.91 Å². The van der Waals surface area contributed by atoms with Crippen LogP contribution in [0.4, 0.5) is 5.69 Å². The van der Waals surface area contributed by atoms with E-state index in [0.29, 0.717) is 24.4 Å². The second kappa shape index (κ2) is 9.57. The molecule has 1 aromatic heterocycles. The molecule has 0 unspecified atom stereocenters. The number of aryl methyl sites for hydroxylation is 1. The Bertz CT molecular complexity index is 1150. The van der Waals surface area contributed by atoms with Crippen LogP contribution in [0.25, 0.3) is 0 Å². The molecule has 0 aliphatic carbocycles. The van der Waals surface area contributed by atoms with Gasteiger partial charge in [0, 0.05) is 29.2 Å². The topological polar surface area (TPSA) is 58.6 Å². The largest absolute Gasteiger partial charge is 0.493 e. The third-order valence-electron chi connectivity index (χ3n) is 6.07. The SMILES string of the molecule is Cc1cccc(OCCC(=O)Nc2cccc(C(=O)N3CCc4sccc4C3)c2C)c1C. The van der Waals surface area contributed by atoms with E-state index in [4.69, 9.17) is 4.74 Å². The lowest BCUT2D eigenvalue weighted by Gasteiger charge is -2.28. The fourth-order valence-corrected chi connectivity index (χ4v) is 4.83. The van der Waals surface area contributed by atoms with E-state index in [2.05, 4.69) is 16.8 Å². The van der Waals surface area contributed by atoms with Crippen molar-refractivity contribution in [2.45, 2.75) is 40.2 Å². The summed E-state index contributed by atoms with van der Waals surface area (Å²) in [5.41, 5.74) is 5.57. The highest BCUT2D eigenvalue weighted by Gasteiger charge is 2.24. The van der Waals surface area contributed by atoms with E-state index in [-0.39, 0.29) is 18.2 Å². The summed E-state index contributed by atoms with van der Waals surface area (Å²) >= 11 is 1.76. The first-order chi connectivity index (χ1) is 15.4. The molecule has 2 amide bonds. The van der Waals surface area contributed by atoms with Gasteiger partial charge in [-0.1, -0.05) is 18.2 Å². The highest BCUT2D eigenvalue weighted by atomic mass is 32.1. The number of carbonyl (C=O) groups excluding carboxylic acids is 2. The summed E-state index contributed by atoms with van der Waals surface area (Å²) in [6, 6.07) is 13.5. The summed E-state index contributed by atoms with van der Waals surface area (Å²) in [6.07, 6.45) is 1.13. The summed E-state index contributed by atoms with van der Waals surface area (Å²) in [7, 11) is 0. The predicted octanol–water partition coefficient (Wildman–Crippen LogP) is 5.28. The number of carbonyl (C=O) groups is 2. The number of hydrogen-bond donors (Lipinski definition) is 1. The Labute approximate surface area is 193 Å². The summed E-state index contributed by atoms with van der Waals surface area (Å²) < 4.78 is 5.80. The van der Waals surface area contributed by atoms with Gasteiger partial charge in [-0.3, -0.25) is 9.59 Å². The van der Waals surface area contributed by atoms with Gasteiger partial charge in [-0.15, -0.1) is 11.3 Å². The standard InChI is InChI=1S/C26H28N2O3S/c1-17-6-4-9-23(18(17)2)31-14-11-25(29)27-22-8-5-7-21(19(22)3)26(30)28-13-10-24-20(16-28)12-15-32-24/h4-9,12,15H,10-11,13-14,16H2,1-3H3,(H,27,29). The van der Waals surface area contributed by atoms with E-state index < -0.39 is 0 Å². The van der Waals surface area contributed by atoms with E-state index in [1.54, 1.807) is 11.3 Å². The normalized spacial score (nSPS) is 12.9. The van der Waals surface area contributed by atoms with Crippen LogP contribution in [0.5, 0.6) is 5.75 Å². The van der Waals surface area contributed by atoms with Crippen LogP contribution in [0.1, 0.15) is 43.9 Å². The average molecular weight is 449 g/mol. The predicted molar refractivity (Wildman–Crippen MR) is 129 cm³/mol. The third kappa shape index (κ3) is 4.70. The molecule has 2 heterocycles. The van der Waals surface area contributed by atoms with Crippen molar-refractivity contribution >= 4 is 28.8 Å². The number of anilines is 1. The van der Waals surface area contributed by atoms with Crippen LogP contribution in [-0.2, 0) is 17.8 Å². The molecule has 0 atom stereocenters. The van der Waals surface area contributed by atoms with Crippen LogP contribution in [0.3, 0.4) is 0 Å². The van der Waals surface area contributed by atoms with Crippen molar-refractivity contribution in [3.8, 4) is 5.75 Å². The molecular weight excluding hydrogens is 420 g/mol. The quantitative estimate of drug-likeness (QED) is 0.558. The van der Waals surface area contributed by atoms with Gasteiger partial charge in [0.25, 0.3) is 5.91 Å². The van der Waals surface area contributed by atoms with Crippen LogP contribution >= 0.6 is 11.3 Å². The van der Waals surface area contributed by atoms with E-state index in [0.717, 1.165) is 35.4 Å². The molecule has 0 saturated heterocycles. The number of fused-ring (bicyclic) bond motifs is 1. The third-order valence-corrected chi connectivity index (χ3v) is 7.10. The molecule has 0 radical (unpaired) electrons. The lowest BCUT2D eigenvalue weighted by atomic mass is 10.0. The first-order valence-electron chi connectivity index (χ1n) is 10.9. The molecule has 0 spiro atoms. The first-order valence-corrected chi connectivity index (χ1v) is 11.7. The molecule has 1 aliphatic heterocycles. The van der Waals surface area contributed by atoms with Gasteiger partial charge in [-0.25, -0.2) is 0 Å². The summed E-state index contributed by atoms with van der Waals surface area (Å²) in [5.74, 6) is 0.675. The van der Waals surface area contributed by atoms with Crippen molar-refractivity contribution in [3.63, 3.8) is 0 Å². The first kappa shape index (κ1) is 22.1. The van der Waals surface area contributed by atoms with Crippen LogP contribution in [-0.4, -0.2) is 29.9 Å². The number of rotatable bonds is 6. The fraction of sp³-hybridized carbons (Fsp3) is 0.308. The molecule has 0 bridgehead atoms. The molecular formula is C26H28N2O3S. The number of ether oxygens (including phenoxy) is 1. The summed E-state index contributed by atoms with van der Waals surface area (Å²) in [5, 5.41) is 5.03. The van der Waals surface area contributed by atoms with E-state index >= 15 is 0 Å². The Balaban J connectivity index is 1.37. The highest BCUT2D eigenvalue weighted by molar-refractivity contribution is 7.10. The molecule has 6 heteroatoms. The molecule has 166 valence electrons. The van der Waals surface area contributed by atoms with E-state index in [9.17, 15) is 9.59 Å². The van der Waals surface area contributed by atoms with E-state index in [1.165, 1.54) is 10.4 Å². The van der Waals surface area contributed by atoms with Crippen LogP contribution in [0.15, 0.2) is 47.8 Å². The molecule has 4 rings (SSSR count). The zero-order chi connectivity index (χ0) is 22.7. The minimum Gasteiger partial charge on any atom is -0.493 e. The molecule has 3 aromatic rings. The summed E-state index contributed by atoms with van der Waals surface area (Å²) in [6.45, 7) is 7.59. The smallest absolute Gasteiger partial charge is 0.254 e. The molecule has 1 aliphatic rings. The van der Waals surface area contributed by atoms with Crippen molar-refractivity contribution in [2.24, 2.45) is 0 Å². The summed E-state index contributed by atoms with van der Waals surface area (Å²) in [4.78, 5) is 28.9. The van der Waals surface area contributed by atoms with Crippen molar-refractivity contribution < 1.29 is 14.3 Å². The van der Waals surface area contributed by atoms with Gasteiger partial charge >= 0.3 is 0 Å². The Morgan fingerprint density at radius 3 is 2.72 bits per heavy atom. The molecule has 0 saturated carbocycles. The van der Waals surface area contributed by atoms with Crippen molar-refractivity contribution in [3.05, 3.63) is 80.5 Å². The maximum atomic E-state index is 13.2. The Morgan fingerprint density at radius 2 is 1.88 bits per heavy atom. The lowest BCUT2D eigenvalue weighted by molar-refractivity contribution is -0.116.